The Morgan fingerprint density at radius 1 is 1.30 bits per heavy atom. The predicted octanol–water partition coefficient (Wildman–Crippen LogP) is 4.72. The highest BCUT2D eigenvalue weighted by molar-refractivity contribution is 7.80. The number of benzene rings is 2. The fourth-order valence-corrected chi connectivity index (χ4v) is 4.51. The largest absolute Gasteiger partial charge is 0.359 e. The van der Waals surface area contributed by atoms with Crippen molar-refractivity contribution in [3.05, 3.63) is 100 Å². The van der Waals surface area contributed by atoms with Crippen LogP contribution in [0.4, 0.5) is 0 Å². The van der Waals surface area contributed by atoms with Gasteiger partial charge in [0.05, 0.1) is 34.4 Å². The molecule has 0 radical (unpaired) electrons. The summed E-state index contributed by atoms with van der Waals surface area (Å²) < 4.78 is 1.92. The Morgan fingerprint density at radius 3 is 2.76 bits per heavy atom. The Labute approximate surface area is 232 Å². The summed E-state index contributed by atoms with van der Waals surface area (Å²) in [6, 6.07) is 14.7. The van der Waals surface area contributed by atoms with Crippen LogP contribution >= 0.6 is 35.4 Å². The van der Waals surface area contributed by atoms with Crippen molar-refractivity contribution >= 4 is 46.4 Å². The maximum Gasteiger partial charge on any atom is 0.235 e. The number of hydrogen-bond acceptors (Lipinski definition) is 5. The lowest BCUT2D eigenvalue weighted by Gasteiger charge is -2.30. The van der Waals surface area contributed by atoms with E-state index in [0.717, 1.165) is 16.8 Å². The van der Waals surface area contributed by atoms with Crippen LogP contribution in [0.5, 0.6) is 0 Å². The lowest BCUT2D eigenvalue weighted by Crippen LogP contribution is -2.52. The lowest BCUT2D eigenvalue weighted by atomic mass is 10.1. The van der Waals surface area contributed by atoms with E-state index >= 15 is 0 Å². The third kappa shape index (κ3) is 7.88. The van der Waals surface area contributed by atoms with Crippen molar-refractivity contribution < 1.29 is 4.79 Å². The van der Waals surface area contributed by atoms with Gasteiger partial charge < -0.3 is 15.2 Å². The van der Waals surface area contributed by atoms with Crippen molar-refractivity contribution in [2.75, 3.05) is 13.1 Å². The van der Waals surface area contributed by atoms with Crippen LogP contribution in [0.25, 0.3) is 0 Å². The van der Waals surface area contributed by atoms with Gasteiger partial charge in [-0.05, 0) is 48.5 Å². The van der Waals surface area contributed by atoms with E-state index in [1.54, 1.807) is 41.7 Å². The van der Waals surface area contributed by atoms with Gasteiger partial charge in [0.25, 0.3) is 0 Å². The van der Waals surface area contributed by atoms with Gasteiger partial charge in [0.15, 0.2) is 5.11 Å². The van der Waals surface area contributed by atoms with E-state index < -0.39 is 0 Å². The first-order valence-corrected chi connectivity index (χ1v) is 12.8. The lowest BCUT2D eigenvalue weighted by molar-refractivity contribution is -0.128. The number of aromatic nitrogens is 2. The summed E-state index contributed by atoms with van der Waals surface area (Å²) in [5, 5.41) is 16.8. The number of carbonyl (C=O) groups is 1. The summed E-state index contributed by atoms with van der Waals surface area (Å²) in [4.78, 5) is 19.3. The van der Waals surface area contributed by atoms with E-state index in [0.29, 0.717) is 46.9 Å². The highest BCUT2D eigenvalue weighted by Crippen LogP contribution is 2.25. The minimum Gasteiger partial charge on any atom is -0.359 e. The normalized spacial score (nSPS) is 11.4. The quantitative estimate of drug-likeness (QED) is 0.263. The minimum absolute atomic E-state index is 0.122. The molecule has 2 N–H and O–H groups in total. The van der Waals surface area contributed by atoms with Crippen LogP contribution in [0.3, 0.4) is 0 Å². The Morgan fingerprint density at radius 2 is 2.05 bits per heavy atom. The Hall–Kier alpha value is -3.22. The third-order valence-electron chi connectivity index (χ3n) is 5.68. The van der Waals surface area contributed by atoms with Gasteiger partial charge >= 0.3 is 0 Å². The van der Waals surface area contributed by atoms with E-state index in [1.165, 1.54) is 0 Å². The second-order valence-corrected chi connectivity index (χ2v) is 9.60. The number of nitriles is 1. The number of halogens is 2. The average Bonchev–Trinajstić information content (AvgIpc) is 3.32. The van der Waals surface area contributed by atoms with E-state index in [-0.39, 0.29) is 18.4 Å². The first-order chi connectivity index (χ1) is 17.8. The van der Waals surface area contributed by atoms with Gasteiger partial charge in [0, 0.05) is 44.1 Å². The molecule has 3 aromatic rings. The summed E-state index contributed by atoms with van der Waals surface area (Å²) in [6.07, 6.45) is 5.19. The highest BCUT2D eigenvalue weighted by Gasteiger charge is 2.25. The van der Waals surface area contributed by atoms with Crippen LogP contribution in [0, 0.1) is 11.3 Å². The number of rotatable bonds is 11. The zero-order valence-electron chi connectivity index (χ0n) is 20.5. The number of hydrogen-bond donors (Lipinski definition) is 2. The van der Waals surface area contributed by atoms with E-state index in [4.69, 9.17) is 40.7 Å². The first-order valence-electron chi connectivity index (χ1n) is 11.7. The van der Waals surface area contributed by atoms with Gasteiger partial charge in [-0.15, -0.1) is 6.58 Å². The van der Waals surface area contributed by atoms with Gasteiger partial charge in [-0.2, -0.15) is 5.26 Å². The maximum atomic E-state index is 13.5. The Balaban J connectivity index is 1.69. The highest BCUT2D eigenvalue weighted by atomic mass is 35.5. The fourth-order valence-electron chi connectivity index (χ4n) is 3.76. The molecular formula is C27H28Cl2N6OS. The minimum atomic E-state index is -0.245. The Bertz CT molecular complexity index is 1280. The molecule has 0 spiro atoms. The van der Waals surface area contributed by atoms with E-state index in [2.05, 4.69) is 28.3 Å². The summed E-state index contributed by atoms with van der Waals surface area (Å²) >= 11 is 18.0. The molecule has 7 nitrogen and oxygen atoms in total. The molecule has 0 saturated carbocycles. The van der Waals surface area contributed by atoms with Crippen LogP contribution in [0.1, 0.15) is 29.3 Å². The van der Waals surface area contributed by atoms with Crippen molar-refractivity contribution in [1.29, 1.82) is 5.26 Å². The van der Waals surface area contributed by atoms with Gasteiger partial charge in [-0.1, -0.05) is 53.5 Å². The van der Waals surface area contributed by atoms with Crippen molar-refractivity contribution in [1.82, 2.24) is 25.1 Å². The van der Waals surface area contributed by atoms with Crippen molar-refractivity contribution in [2.24, 2.45) is 0 Å². The first kappa shape index (κ1) is 28.4. The second kappa shape index (κ2) is 13.9. The smallest absolute Gasteiger partial charge is 0.235 e. The van der Waals surface area contributed by atoms with Gasteiger partial charge in [-0.25, -0.2) is 4.98 Å². The van der Waals surface area contributed by atoms with Crippen molar-refractivity contribution in [3.63, 3.8) is 0 Å². The number of nitrogens with one attached hydrogen (secondary N) is 2. The molecule has 0 bridgehead atoms. The zero-order chi connectivity index (χ0) is 26.8. The van der Waals surface area contributed by atoms with E-state index in [1.807, 2.05) is 35.8 Å². The molecule has 1 aromatic heterocycles. The van der Waals surface area contributed by atoms with Crippen molar-refractivity contribution in [2.45, 2.75) is 32.5 Å². The molecule has 0 saturated heterocycles. The molecule has 1 atom stereocenters. The Kier molecular flexibility index (Phi) is 10.7. The van der Waals surface area contributed by atoms with Crippen LogP contribution in [-0.4, -0.2) is 44.6 Å². The molecule has 1 heterocycles. The van der Waals surface area contributed by atoms with Crippen LogP contribution in [0.2, 0.25) is 10.0 Å². The van der Waals surface area contributed by atoms with Crippen LogP contribution in [0.15, 0.2) is 67.6 Å². The monoisotopic (exact) mass is 554 g/mol. The van der Waals surface area contributed by atoms with Gasteiger partial charge in [0.1, 0.15) is 0 Å². The standard InChI is InChI=1S/C27H28Cl2N6OS/c1-3-11-33-27(37)35(19(2)14-31-15-22-5-4-6-24(28)26(22)29)25(36)12-23-16-32-18-34(23)17-21-9-7-20(13-30)8-10-21/h3-10,16,18-19,31H,1,11-12,14-15,17H2,2H3,(H,33,37)/t19-/m0/s1. The molecule has 3 rings (SSSR count). The molecule has 1 amide bonds. The molecule has 0 aliphatic heterocycles. The zero-order valence-corrected chi connectivity index (χ0v) is 22.8. The molecule has 0 aliphatic rings. The molecule has 2 aromatic carbocycles. The number of nitrogens with zero attached hydrogens (tertiary/aromatic N) is 4. The number of thiocarbonyl (C=S) groups is 1. The third-order valence-corrected chi connectivity index (χ3v) is 6.88. The van der Waals surface area contributed by atoms with Crippen LogP contribution < -0.4 is 10.6 Å². The summed E-state index contributed by atoms with van der Waals surface area (Å²) in [5.74, 6) is -0.154. The molecule has 0 aliphatic carbocycles. The number of imidazole rings is 1. The van der Waals surface area contributed by atoms with Crippen molar-refractivity contribution in [3.8, 4) is 6.07 Å². The number of amides is 1. The van der Waals surface area contributed by atoms with E-state index in [9.17, 15) is 4.79 Å². The number of carbonyl (C=O) groups excluding carboxylic acids is 1. The van der Waals surface area contributed by atoms with Gasteiger partial charge in [-0.3, -0.25) is 9.69 Å². The maximum absolute atomic E-state index is 13.5. The SMILES string of the molecule is C=CCNC(=S)N(C(=O)Cc1cncn1Cc1ccc(C#N)cc1)[C@@H](C)CNCc1cccc(Cl)c1Cl. The topological polar surface area (TPSA) is 86.0 Å². The summed E-state index contributed by atoms with van der Waals surface area (Å²) in [6.45, 7) is 7.60. The molecule has 10 heteroatoms. The molecule has 0 fully saturated rings. The predicted molar refractivity (Wildman–Crippen MR) is 151 cm³/mol. The van der Waals surface area contributed by atoms with Crippen LogP contribution in [-0.2, 0) is 24.3 Å². The molecule has 0 unspecified atom stereocenters. The summed E-state index contributed by atoms with van der Waals surface area (Å²) in [5.41, 5.74) is 3.24. The fraction of sp³-hybridized carbons (Fsp3) is 0.259. The molecule has 192 valence electrons. The average molecular weight is 556 g/mol. The summed E-state index contributed by atoms with van der Waals surface area (Å²) in [7, 11) is 0. The van der Waals surface area contributed by atoms with Gasteiger partial charge in [0.2, 0.25) is 5.91 Å². The second-order valence-electron chi connectivity index (χ2n) is 8.43. The molecule has 37 heavy (non-hydrogen) atoms. The molecular weight excluding hydrogens is 527 g/mol.